The lowest BCUT2D eigenvalue weighted by Gasteiger charge is -2.33. The molecule has 1 aromatic heterocycles. The molecule has 0 fully saturated rings. The maximum Gasteiger partial charge on any atom is 0.381 e. The van der Waals surface area contributed by atoms with E-state index in [1.165, 1.54) is 0 Å². The van der Waals surface area contributed by atoms with Gasteiger partial charge in [-0.05, 0) is 24.8 Å². The van der Waals surface area contributed by atoms with E-state index < -0.39 is 32.7 Å². The minimum atomic E-state index is -5.47. The Morgan fingerprint density at radius 3 is 2.28 bits per heavy atom. The summed E-state index contributed by atoms with van der Waals surface area (Å²) in [5.74, 6) is -1.19. The van der Waals surface area contributed by atoms with Crippen LogP contribution in [0.25, 0.3) is 0 Å². The molecule has 1 aromatic carbocycles. The number of hydrogen-bond donors (Lipinski definition) is 4. The maximum atomic E-state index is 11.8. The Balaban J connectivity index is 1.99. The third-order valence-electron chi connectivity index (χ3n) is 4.18. The highest BCUT2D eigenvalue weighted by atomic mass is 31.2. The second-order valence-corrected chi connectivity index (χ2v) is 10.5. The first-order valence-electron chi connectivity index (χ1n) is 8.68. The van der Waals surface area contributed by atoms with Crippen molar-refractivity contribution in [3.8, 4) is 0 Å². The van der Waals surface area contributed by atoms with Gasteiger partial charge >= 0.3 is 26.2 Å². The largest absolute Gasteiger partial charge is 0.433 e. The van der Waals surface area contributed by atoms with Crippen molar-refractivity contribution in [3.63, 3.8) is 0 Å². The predicted molar refractivity (Wildman–Crippen MR) is 102 cm³/mol. The molecule has 0 aliphatic heterocycles. The van der Waals surface area contributed by atoms with Gasteiger partial charge in [-0.25, -0.2) is 4.68 Å². The monoisotopic (exact) mass is 447 g/mol. The van der Waals surface area contributed by atoms with Crippen LogP contribution in [0.5, 0.6) is 0 Å². The van der Waals surface area contributed by atoms with Gasteiger partial charge in [-0.15, -0.1) is 5.10 Å². The highest BCUT2D eigenvalue weighted by molar-refractivity contribution is 7.72. The van der Waals surface area contributed by atoms with Crippen LogP contribution in [-0.2, 0) is 31.6 Å². The van der Waals surface area contributed by atoms with Crippen molar-refractivity contribution in [3.05, 3.63) is 47.8 Å². The van der Waals surface area contributed by atoms with Crippen LogP contribution >= 0.6 is 15.2 Å². The smallest absolute Gasteiger partial charge is 0.381 e. The van der Waals surface area contributed by atoms with E-state index in [1.807, 2.05) is 30.3 Å². The molecule has 2 aromatic rings. The second kappa shape index (κ2) is 9.30. The molecule has 2 rings (SSSR count). The number of carbonyl (C=O) groups excluding carboxylic acids is 1. The molecule has 0 saturated heterocycles. The number of nitrogens with zero attached hydrogens (tertiary/aromatic N) is 3. The molecule has 160 valence electrons. The Bertz CT molecular complexity index is 899. The number of rotatable bonds is 10. The molecule has 4 N–H and O–H groups in total. The Morgan fingerprint density at radius 1 is 1.10 bits per heavy atom. The molecule has 0 unspecified atom stereocenters. The first-order valence-corrected chi connectivity index (χ1v) is 11.9. The Hall–Kier alpha value is -1.87. The number of ether oxygens (including phenoxy) is 1. The second-order valence-electron chi connectivity index (χ2n) is 6.53. The van der Waals surface area contributed by atoms with Gasteiger partial charge in [-0.1, -0.05) is 35.5 Å². The zero-order valence-corrected chi connectivity index (χ0v) is 17.4. The van der Waals surface area contributed by atoms with E-state index >= 15 is 0 Å². The fourth-order valence-electron chi connectivity index (χ4n) is 2.82. The molecule has 0 radical (unpaired) electrons. The molecule has 0 amide bonds. The molecule has 13 heteroatoms. The molecule has 0 atom stereocenters. The van der Waals surface area contributed by atoms with Gasteiger partial charge in [0.25, 0.3) is 0 Å². The summed E-state index contributed by atoms with van der Waals surface area (Å²) in [6.07, 6.45) is 1.67. The molecule has 0 spiro atoms. The molecule has 0 aliphatic rings. The normalized spacial score (nSPS) is 12.7. The van der Waals surface area contributed by atoms with Crippen molar-refractivity contribution in [1.29, 1.82) is 0 Å². The molecule has 0 bridgehead atoms. The summed E-state index contributed by atoms with van der Waals surface area (Å²) >= 11 is 0. The van der Waals surface area contributed by atoms with Gasteiger partial charge in [0.15, 0.2) is 0 Å². The zero-order valence-electron chi connectivity index (χ0n) is 15.7. The minimum Gasteiger partial charge on any atom is -0.433 e. The summed E-state index contributed by atoms with van der Waals surface area (Å²) in [5.41, 5.74) is 1.66. The van der Waals surface area contributed by atoms with Crippen molar-refractivity contribution < 1.29 is 38.2 Å². The quantitative estimate of drug-likeness (QED) is 0.238. The number of hydrogen-bond acceptors (Lipinski definition) is 6. The van der Waals surface area contributed by atoms with Crippen LogP contribution in [0.1, 0.15) is 37.4 Å². The molecule has 0 aliphatic carbocycles. The summed E-state index contributed by atoms with van der Waals surface area (Å²) < 4.78 is 29.7. The Kier molecular flexibility index (Phi) is 7.50. The fraction of sp³-hybridized carbons (Fsp3) is 0.438. The van der Waals surface area contributed by atoms with Crippen molar-refractivity contribution in [2.75, 3.05) is 0 Å². The first-order chi connectivity index (χ1) is 13.4. The van der Waals surface area contributed by atoms with Gasteiger partial charge in [0, 0.05) is 19.5 Å². The van der Waals surface area contributed by atoms with Crippen LogP contribution in [0, 0.1) is 0 Å². The van der Waals surface area contributed by atoms with Crippen molar-refractivity contribution >= 4 is 21.2 Å². The standard InChI is InChI=1S/C16H23N3O8P2/c1-13(20)27-16(28(21,22)23,29(24,25)26)10-6-5-9-15-12-19(18-17-15)11-14-7-3-2-4-8-14/h2-4,7-8,12H,5-6,9-11H2,1H3,(H2,21,22,23)(H2,24,25,26). The topological polar surface area (TPSA) is 172 Å². The van der Waals surface area contributed by atoms with Crippen molar-refractivity contribution in [1.82, 2.24) is 15.0 Å². The molecule has 0 saturated carbocycles. The van der Waals surface area contributed by atoms with Gasteiger partial charge in [-0.3, -0.25) is 13.9 Å². The van der Waals surface area contributed by atoms with E-state index in [2.05, 4.69) is 15.0 Å². The average molecular weight is 447 g/mol. The fourth-order valence-corrected chi connectivity index (χ4v) is 5.57. The summed E-state index contributed by atoms with van der Waals surface area (Å²) in [4.78, 5) is 49.2. The number of aryl methyl sites for hydroxylation is 1. The van der Waals surface area contributed by atoms with E-state index in [0.29, 0.717) is 25.1 Å². The van der Waals surface area contributed by atoms with E-state index in [-0.39, 0.29) is 6.42 Å². The lowest BCUT2D eigenvalue weighted by atomic mass is 10.1. The number of unbranched alkanes of at least 4 members (excludes halogenated alkanes) is 1. The predicted octanol–water partition coefficient (Wildman–Crippen LogP) is 1.61. The summed E-state index contributed by atoms with van der Waals surface area (Å²) in [6, 6.07) is 9.61. The highest BCUT2D eigenvalue weighted by Gasteiger charge is 2.63. The number of benzene rings is 1. The van der Waals surface area contributed by atoms with Gasteiger partial charge in [0.05, 0.1) is 12.2 Å². The van der Waals surface area contributed by atoms with E-state index in [4.69, 9.17) is 0 Å². The van der Waals surface area contributed by atoms with Crippen LogP contribution in [0.4, 0.5) is 0 Å². The van der Waals surface area contributed by atoms with Crippen LogP contribution in [0.3, 0.4) is 0 Å². The highest BCUT2D eigenvalue weighted by Crippen LogP contribution is 2.71. The Morgan fingerprint density at radius 2 is 1.72 bits per heavy atom. The number of esters is 1. The van der Waals surface area contributed by atoms with Crippen molar-refractivity contribution in [2.45, 2.75) is 44.2 Å². The molecular formula is C16H23N3O8P2. The lowest BCUT2D eigenvalue weighted by Crippen LogP contribution is -2.34. The molecule has 29 heavy (non-hydrogen) atoms. The Labute approximate surface area is 167 Å². The third-order valence-corrected chi connectivity index (χ3v) is 8.19. The van der Waals surface area contributed by atoms with Crippen LogP contribution < -0.4 is 0 Å². The zero-order chi connectivity index (χ0) is 21.7. The average Bonchev–Trinajstić information content (AvgIpc) is 3.03. The van der Waals surface area contributed by atoms with Gasteiger partial charge in [0.2, 0.25) is 0 Å². The van der Waals surface area contributed by atoms with Crippen LogP contribution in [0.2, 0.25) is 0 Å². The minimum absolute atomic E-state index is 0.0188. The van der Waals surface area contributed by atoms with Crippen molar-refractivity contribution in [2.24, 2.45) is 0 Å². The third kappa shape index (κ3) is 6.05. The lowest BCUT2D eigenvalue weighted by molar-refractivity contribution is -0.147. The van der Waals surface area contributed by atoms with Gasteiger partial charge in [-0.2, -0.15) is 0 Å². The van der Waals surface area contributed by atoms with E-state index in [0.717, 1.165) is 12.5 Å². The molecule has 1 heterocycles. The van der Waals surface area contributed by atoms with Crippen LogP contribution in [0.15, 0.2) is 36.5 Å². The van der Waals surface area contributed by atoms with Gasteiger partial charge in [0.1, 0.15) is 0 Å². The SMILES string of the molecule is CC(=O)OC(CCCCc1cn(Cc2ccccc2)nn1)(P(=O)(O)O)P(=O)(O)O. The maximum absolute atomic E-state index is 11.8. The summed E-state index contributed by atoms with van der Waals surface area (Å²) in [7, 11) is -10.9. The van der Waals surface area contributed by atoms with E-state index in [9.17, 15) is 33.5 Å². The molecular weight excluding hydrogens is 424 g/mol. The summed E-state index contributed by atoms with van der Waals surface area (Å²) in [5, 5.41) is 4.83. The van der Waals surface area contributed by atoms with Gasteiger partial charge < -0.3 is 24.3 Å². The number of carbonyl (C=O) groups is 1. The molecule has 11 nitrogen and oxygen atoms in total. The summed E-state index contributed by atoms with van der Waals surface area (Å²) in [6.45, 7) is 1.35. The number of aromatic nitrogens is 3. The van der Waals surface area contributed by atoms with Crippen LogP contribution in [-0.4, -0.2) is 45.6 Å². The van der Waals surface area contributed by atoms with E-state index in [1.54, 1.807) is 10.9 Å². The first kappa shape index (κ1) is 23.4.